The highest BCUT2D eigenvalue weighted by atomic mass is 16.4. The standard InChI is InChI=1S/C16H21N5O3/c1-9(11-8-21(16(3,4)5)20-10(11)2)19-14(22)12-6-18-13(7-17-12)15(23)24/h6-9H,1-5H3,(H,19,22)(H,23,24). The number of nitrogens with one attached hydrogen (secondary N) is 1. The van der Waals surface area contributed by atoms with Gasteiger partial charge >= 0.3 is 5.97 Å². The van der Waals surface area contributed by atoms with Crippen LogP contribution in [0.2, 0.25) is 0 Å². The van der Waals surface area contributed by atoms with Gasteiger partial charge in [-0.25, -0.2) is 14.8 Å². The van der Waals surface area contributed by atoms with Gasteiger partial charge in [0.1, 0.15) is 5.69 Å². The fourth-order valence-electron chi connectivity index (χ4n) is 2.15. The van der Waals surface area contributed by atoms with Crippen molar-refractivity contribution >= 4 is 11.9 Å². The Labute approximate surface area is 139 Å². The second kappa shape index (κ2) is 6.38. The van der Waals surface area contributed by atoms with Crippen LogP contribution < -0.4 is 5.32 Å². The molecule has 2 aromatic rings. The van der Waals surface area contributed by atoms with Crippen molar-refractivity contribution in [1.29, 1.82) is 0 Å². The van der Waals surface area contributed by atoms with Crippen molar-refractivity contribution < 1.29 is 14.7 Å². The third-order valence-corrected chi connectivity index (χ3v) is 3.54. The molecular weight excluding hydrogens is 310 g/mol. The third-order valence-electron chi connectivity index (χ3n) is 3.54. The van der Waals surface area contributed by atoms with E-state index >= 15 is 0 Å². The minimum absolute atomic E-state index is 0.0627. The maximum Gasteiger partial charge on any atom is 0.356 e. The zero-order valence-corrected chi connectivity index (χ0v) is 14.4. The van der Waals surface area contributed by atoms with Crippen molar-refractivity contribution in [2.75, 3.05) is 0 Å². The SMILES string of the molecule is Cc1nn(C(C)(C)C)cc1C(C)NC(=O)c1cnc(C(=O)O)cn1. The highest BCUT2D eigenvalue weighted by Gasteiger charge is 2.21. The minimum Gasteiger partial charge on any atom is -0.476 e. The zero-order chi connectivity index (χ0) is 18.1. The van der Waals surface area contributed by atoms with Gasteiger partial charge in [0.15, 0.2) is 5.69 Å². The summed E-state index contributed by atoms with van der Waals surface area (Å²) < 4.78 is 1.86. The van der Waals surface area contributed by atoms with Crippen molar-refractivity contribution in [3.8, 4) is 0 Å². The lowest BCUT2D eigenvalue weighted by Crippen LogP contribution is -2.28. The molecule has 2 rings (SSSR count). The van der Waals surface area contributed by atoms with E-state index in [2.05, 4.69) is 20.4 Å². The molecule has 0 aromatic carbocycles. The average molecular weight is 331 g/mol. The molecule has 0 aliphatic rings. The fourth-order valence-corrected chi connectivity index (χ4v) is 2.15. The topological polar surface area (TPSA) is 110 Å². The number of nitrogens with zero attached hydrogens (tertiary/aromatic N) is 4. The number of aryl methyl sites for hydroxylation is 1. The molecule has 24 heavy (non-hydrogen) atoms. The van der Waals surface area contributed by atoms with E-state index in [9.17, 15) is 9.59 Å². The number of rotatable bonds is 4. The molecule has 0 spiro atoms. The molecule has 8 nitrogen and oxygen atoms in total. The Bertz CT molecular complexity index is 759. The number of hydrogen-bond acceptors (Lipinski definition) is 5. The summed E-state index contributed by atoms with van der Waals surface area (Å²) in [5.41, 5.74) is 1.46. The molecule has 1 unspecified atom stereocenters. The van der Waals surface area contributed by atoms with E-state index in [0.717, 1.165) is 23.7 Å². The highest BCUT2D eigenvalue weighted by molar-refractivity contribution is 5.93. The van der Waals surface area contributed by atoms with Crippen LogP contribution in [0.25, 0.3) is 0 Å². The Morgan fingerprint density at radius 2 is 1.79 bits per heavy atom. The number of aromatic carboxylic acids is 1. The highest BCUT2D eigenvalue weighted by Crippen LogP contribution is 2.21. The van der Waals surface area contributed by atoms with E-state index in [1.807, 2.05) is 45.5 Å². The summed E-state index contributed by atoms with van der Waals surface area (Å²) in [6, 6.07) is -0.269. The zero-order valence-electron chi connectivity index (χ0n) is 14.4. The number of amides is 1. The van der Waals surface area contributed by atoms with Gasteiger partial charge in [0.2, 0.25) is 0 Å². The van der Waals surface area contributed by atoms with Gasteiger partial charge in [0.05, 0.1) is 29.7 Å². The number of aromatic nitrogens is 4. The molecular formula is C16H21N5O3. The van der Waals surface area contributed by atoms with Gasteiger partial charge in [0.25, 0.3) is 5.91 Å². The molecule has 0 bridgehead atoms. The van der Waals surface area contributed by atoms with Crippen LogP contribution in [0.1, 0.15) is 66.0 Å². The monoisotopic (exact) mass is 331 g/mol. The van der Waals surface area contributed by atoms with Gasteiger partial charge in [-0.05, 0) is 34.6 Å². The van der Waals surface area contributed by atoms with E-state index in [1.54, 1.807) is 0 Å². The molecule has 0 saturated carbocycles. The molecule has 0 radical (unpaired) electrons. The molecule has 2 heterocycles. The summed E-state index contributed by atoms with van der Waals surface area (Å²) >= 11 is 0. The molecule has 8 heteroatoms. The first-order chi connectivity index (χ1) is 11.1. The summed E-state index contributed by atoms with van der Waals surface area (Å²) in [7, 11) is 0. The Morgan fingerprint density at radius 1 is 1.21 bits per heavy atom. The lowest BCUT2D eigenvalue weighted by Gasteiger charge is -2.19. The number of carbonyl (C=O) groups is 2. The fraction of sp³-hybridized carbons (Fsp3) is 0.438. The third kappa shape index (κ3) is 3.76. The summed E-state index contributed by atoms with van der Waals surface area (Å²) in [4.78, 5) is 30.5. The summed E-state index contributed by atoms with van der Waals surface area (Å²) in [5.74, 6) is -1.61. The molecule has 1 atom stereocenters. The first-order valence-electron chi connectivity index (χ1n) is 7.52. The summed E-state index contributed by atoms with van der Waals surface area (Å²) in [5, 5.41) is 16.1. The lowest BCUT2D eigenvalue weighted by molar-refractivity contribution is 0.0689. The number of carbonyl (C=O) groups excluding carboxylic acids is 1. The maximum atomic E-state index is 12.2. The van der Waals surface area contributed by atoms with E-state index in [-0.39, 0.29) is 23.0 Å². The number of carboxylic acid groups (broad SMARTS) is 1. The maximum absolute atomic E-state index is 12.2. The Hall–Kier alpha value is -2.77. The van der Waals surface area contributed by atoms with Crippen LogP contribution in [-0.4, -0.2) is 36.7 Å². The van der Waals surface area contributed by atoms with Gasteiger partial charge in [-0.15, -0.1) is 0 Å². The van der Waals surface area contributed by atoms with E-state index in [0.29, 0.717) is 0 Å². The van der Waals surface area contributed by atoms with Crippen molar-refractivity contribution in [3.05, 3.63) is 41.2 Å². The van der Waals surface area contributed by atoms with Crippen molar-refractivity contribution in [2.45, 2.75) is 46.2 Å². The molecule has 0 aliphatic carbocycles. The van der Waals surface area contributed by atoms with Crippen LogP contribution in [0, 0.1) is 6.92 Å². The van der Waals surface area contributed by atoms with Crippen LogP contribution in [-0.2, 0) is 5.54 Å². The molecule has 0 aliphatic heterocycles. The molecule has 2 N–H and O–H groups in total. The van der Waals surface area contributed by atoms with Crippen LogP contribution in [0.15, 0.2) is 18.6 Å². The van der Waals surface area contributed by atoms with Crippen LogP contribution in [0.5, 0.6) is 0 Å². The number of carboxylic acids is 1. The molecule has 128 valence electrons. The average Bonchev–Trinajstić information content (AvgIpc) is 2.89. The van der Waals surface area contributed by atoms with Crippen LogP contribution in [0.4, 0.5) is 0 Å². The van der Waals surface area contributed by atoms with Crippen LogP contribution >= 0.6 is 0 Å². The predicted molar refractivity (Wildman–Crippen MR) is 86.8 cm³/mol. The predicted octanol–water partition coefficient (Wildman–Crippen LogP) is 1.93. The minimum atomic E-state index is -1.19. The van der Waals surface area contributed by atoms with Crippen molar-refractivity contribution in [1.82, 2.24) is 25.1 Å². The second-order valence-corrected chi connectivity index (χ2v) is 6.57. The normalized spacial score (nSPS) is 12.7. The largest absolute Gasteiger partial charge is 0.476 e. The molecule has 1 amide bonds. The van der Waals surface area contributed by atoms with Gasteiger partial charge < -0.3 is 10.4 Å². The van der Waals surface area contributed by atoms with Gasteiger partial charge in [-0.3, -0.25) is 9.48 Å². The lowest BCUT2D eigenvalue weighted by atomic mass is 10.1. The second-order valence-electron chi connectivity index (χ2n) is 6.57. The molecule has 2 aromatic heterocycles. The van der Waals surface area contributed by atoms with Gasteiger partial charge in [0, 0.05) is 11.8 Å². The summed E-state index contributed by atoms with van der Waals surface area (Å²) in [6.45, 7) is 9.89. The van der Waals surface area contributed by atoms with E-state index < -0.39 is 11.9 Å². The Balaban J connectivity index is 2.14. The first kappa shape index (κ1) is 17.6. The van der Waals surface area contributed by atoms with Crippen LogP contribution in [0.3, 0.4) is 0 Å². The van der Waals surface area contributed by atoms with Crippen molar-refractivity contribution in [3.63, 3.8) is 0 Å². The Kier molecular flexibility index (Phi) is 4.68. The number of hydrogen-bond donors (Lipinski definition) is 2. The van der Waals surface area contributed by atoms with Crippen molar-refractivity contribution in [2.24, 2.45) is 0 Å². The molecule has 0 fully saturated rings. The van der Waals surface area contributed by atoms with E-state index in [4.69, 9.17) is 5.11 Å². The van der Waals surface area contributed by atoms with Gasteiger partial charge in [-0.1, -0.05) is 0 Å². The van der Waals surface area contributed by atoms with E-state index in [1.165, 1.54) is 0 Å². The summed E-state index contributed by atoms with van der Waals surface area (Å²) in [6.07, 6.45) is 4.13. The Morgan fingerprint density at radius 3 is 2.25 bits per heavy atom. The van der Waals surface area contributed by atoms with Gasteiger partial charge in [-0.2, -0.15) is 5.10 Å². The first-order valence-corrected chi connectivity index (χ1v) is 7.52. The molecule has 0 saturated heterocycles. The quantitative estimate of drug-likeness (QED) is 0.885. The smallest absolute Gasteiger partial charge is 0.356 e.